The lowest BCUT2D eigenvalue weighted by molar-refractivity contribution is -0.129. The minimum Gasteiger partial charge on any atom is -0.493 e. The summed E-state index contributed by atoms with van der Waals surface area (Å²) in [6.07, 6.45) is 0.0411. The molecule has 2 N–H and O–H groups in total. The maximum Gasteiger partial charge on any atom is 0.276 e. The Morgan fingerprint density at radius 2 is 1.58 bits per heavy atom. The lowest BCUT2D eigenvalue weighted by Crippen LogP contribution is -2.44. The third kappa shape index (κ3) is 5.66. The van der Waals surface area contributed by atoms with Crippen molar-refractivity contribution in [2.24, 2.45) is 0 Å². The summed E-state index contributed by atoms with van der Waals surface area (Å²) in [5.74, 6) is 0.0576. The lowest BCUT2D eigenvalue weighted by atomic mass is 10.1. The molecule has 2 aromatic rings. The second-order valence-corrected chi connectivity index (χ2v) is 5.21. The van der Waals surface area contributed by atoms with Crippen LogP contribution in [0.4, 0.5) is 4.39 Å². The first-order valence-corrected chi connectivity index (χ1v) is 7.68. The zero-order valence-corrected chi connectivity index (χ0v) is 14.4. The molecule has 7 nitrogen and oxygen atoms in total. The third-order valence-corrected chi connectivity index (χ3v) is 3.34. The van der Waals surface area contributed by atoms with E-state index in [-0.39, 0.29) is 13.0 Å². The van der Waals surface area contributed by atoms with E-state index in [9.17, 15) is 14.0 Å². The van der Waals surface area contributed by atoms with E-state index >= 15 is 0 Å². The van der Waals surface area contributed by atoms with Crippen LogP contribution < -0.4 is 25.1 Å². The zero-order valence-electron chi connectivity index (χ0n) is 14.4. The number of benzene rings is 2. The predicted molar refractivity (Wildman–Crippen MR) is 91.4 cm³/mol. The fourth-order valence-corrected chi connectivity index (χ4v) is 2.08. The van der Waals surface area contributed by atoms with Gasteiger partial charge >= 0.3 is 0 Å². The Kier molecular flexibility index (Phi) is 6.78. The Hall–Kier alpha value is -3.29. The van der Waals surface area contributed by atoms with E-state index in [0.717, 1.165) is 0 Å². The molecule has 2 amide bonds. The maximum absolute atomic E-state index is 12.8. The van der Waals surface area contributed by atoms with Gasteiger partial charge in [0.1, 0.15) is 11.6 Å². The molecular weight excluding hydrogens is 343 g/mol. The third-order valence-electron chi connectivity index (χ3n) is 3.34. The van der Waals surface area contributed by atoms with Crippen molar-refractivity contribution in [3.8, 4) is 17.2 Å². The SMILES string of the molecule is COc1ccc(CC(=O)NNC(=O)COc2ccc(F)cc2)cc1OC. The maximum atomic E-state index is 12.8. The second-order valence-electron chi connectivity index (χ2n) is 5.21. The summed E-state index contributed by atoms with van der Waals surface area (Å²) in [4.78, 5) is 23.6. The Balaban J connectivity index is 1.77. The molecule has 2 rings (SSSR count). The highest BCUT2D eigenvalue weighted by Crippen LogP contribution is 2.27. The minimum atomic E-state index is -0.546. The highest BCUT2D eigenvalue weighted by molar-refractivity contribution is 5.84. The average Bonchev–Trinajstić information content (AvgIpc) is 2.65. The van der Waals surface area contributed by atoms with Crippen LogP contribution in [0.1, 0.15) is 5.56 Å². The largest absolute Gasteiger partial charge is 0.493 e. The van der Waals surface area contributed by atoms with Crippen molar-refractivity contribution in [3.63, 3.8) is 0 Å². The molecular formula is C18H19FN2O5. The quantitative estimate of drug-likeness (QED) is 0.731. The molecule has 0 heterocycles. The monoisotopic (exact) mass is 362 g/mol. The average molecular weight is 362 g/mol. The van der Waals surface area contributed by atoms with Gasteiger partial charge < -0.3 is 14.2 Å². The number of halogens is 1. The van der Waals surface area contributed by atoms with E-state index in [1.165, 1.54) is 38.5 Å². The Morgan fingerprint density at radius 3 is 2.23 bits per heavy atom. The molecule has 0 aliphatic carbocycles. The van der Waals surface area contributed by atoms with E-state index in [2.05, 4.69) is 10.9 Å². The summed E-state index contributed by atoms with van der Waals surface area (Å²) in [7, 11) is 3.02. The molecule has 0 aliphatic heterocycles. The van der Waals surface area contributed by atoms with E-state index < -0.39 is 17.6 Å². The first kappa shape index (κ1) is 19.0. The standard InChI is InChI=1S/C18H19FN2O5/c1-24-15-8-3-12(9-16(15)25-2)10-17(22)20-21-18(23)11-26-14-6-4-13(19)5-7-14/h3-9H,10-11H2,1-2H3,(H,20,22)(H,21,23). The van der Waals surface area contributed by atoms with Crippen molar-refractivity contribution in [1.29, 1.82) is 0 Å². The van der Waals surface area contributed by atoms with E-state index in [0.29, 0.717) is 22.8 Å². The number of methoxy groups -OCH3 is 2. The molecule has 0 aliphatic rings. The number of hydrogen-bond donors (Lipinski definition) is 2. The van der Waals surface area contributed by atoms with Gasteiger partial charge in [0.05, 0.1) is 20.6 Å². The molecule has 0 saturated carbocycles. The summed E-state index contributed by atoms with van der Waals surface area (Å²) in [6.45, 7) is -0.317. The number of hydrogen-bond acceptors (Lipinski definition) is 5. The molecule has 0 spiro atoms. The molecule has 138 valence electrons. The van der Waals surface area contributed by atoms with Crippen LogP contribution in [0, 0.1) is 5.82 Å². The van der Waals surface area contributed by atoms with Crippen molar-refractivity contribution in [3.05, 3.63) is 53.8 Å². The number of nitrogens with one attached hydrogen (secondary N) is 2. The first-order valence-electron chi connectivity index (χ1n) is 7.68. The van der Waals surface area contributed by atoms with Crippen LogP contribution in [-0.4, -0.2) is 32.6 Å². The van der Waals surface area contributed by atoms with Gasteiger partial charge in [-0.1, -0.05) is 6.07 Å². The number of carbonyl (C=O) groups is 2. The molecule has 26 heavy (non-hydrogen) atoms. The van der Waals surface area contributed by atoms with Crippen LogP contribution in [0.5, 0.6) is 17.2 Å². The summed E-state index contributed by atoms with van der Waals surface area (Å²) in [5.41, 5.74) is 5.23. The summed E-state index contributed by atoms with van der Waals surface area (Å²) in [6, 6.07) is 10.3. The Morgan fingerprint density at radius 1 is 0.923 bits per heavy atom. The van der Waals surface area contributed by atoms with Crippen LogP contribution in [0.25, 0.3) is 0 Å². The van der Waals surface area contributed by atoms with E-state index in [1.807, 2.05) is 0 Å². The predicted octanol–water partition coefficient (Wildman–Crippen LogP) is 1.61. The van der Waals surface area contributed by atoms with Crippen LogP contribution in [0.2, 0.25) is 0 Å². The minimum absolute atomic E-state index is 0.0411. The topological polar surface area (TPSA) is 85.9 Å². The normalized spacial score (nSPS) is 9.96. The molecule has 0 atom stereocenters. The van der Waals surface area contributed by atoms with E-state index in [4.69, 9.17) is 14.2 Å². The van der Waals surface area contributed by atoms with Gasteiger partial charge in [0.15, 0.2) is 18.1 Å². The number of carbonyl (C=O) groups excluding carboxylic acids is 2. The van der Waals surface area contributed by atoms with Gasteiger partial charge in [-0.15, -0.1) is 0 Å². The molecule has 0 saturated heterocycles. The molecule has 0 unspecified atom stereocenters. The van der Waals surface area contributed by atoms with Crippen LogP contribution in [0.3, 0.4) is 0 Å². The highest BCUT2D eigenvalue weighted by Gasteiger charge is 2.10. The van der Waals surface area contributed by atoms with Crippen LogP contribution in [-0.2, 0) is 16.0 Å². The number of rotatable bonds is 7. The fraction of sp³-hybridized carbons (Fsp3) is 0.222. The Bertz CT molecular complexity index is 765. The lowest BCUT2D eigenvalue weighted by Gasteiger charge is -2.11. The molecule has 2 aromatic carbocycles. The van der Waals surface area contributed by atoms with Gasteiger partial charge in [-0.3, -0.25) is 20.4 Å². The first-order chi connectivity index (χ1) is 12.5. The van der Waals surface area contributed by atoms with Gasteiger partial charge in [0.25, 0.3) is 5.91 Å². The van der Waals surface area contributed by atoms with Crippen LogP contribution in [0.15, 0.2) is 42.5 Å². The van der Waals surface area contributed by atoms with Gasteiger partial charge in [0.2, 0.25) is 5.91 Å². The Labute approximate surface area is 150 Å². The molecule has 0 fully saturated rings. The molecule has 8 heteroatoms. The van der Waals surface area contributed by atoms with Gasteiger partial charge in [-0.05, 0) is 42.0 Å². The van der Waals surface area contributed by atoms with Gasteiger partial charge in [0, 0.05) is 0 Å². The van der Waals surface area contributed by atoms with E-state index in [1.54, 1.807) is 18.2 Å². The van der Waals surface area contributed by atoms with Crippen molar-refractivity contribution in [2.75, 3.05) is 20.8 Å². The molecule has 0 radical (unpaired) electrons. The van der Waals surface area contributed by atoms with Gasteiger partial charge in [-0.2, -0.15) is 0 Å². The number of ether oxygens (including phenoxy) is 3. The summed E-state index contributed by atoms with van der Waals surface area (Å²) in [5, 5.41) is 0. The van der Waals surface area contributed by atoms with Crippen molar-refractivity contribution < 1.29 is 28.2 Å². The van der Waals surface area contributed by atoms with Crippen molar-refractivity contribution in [1.82, 2.24) is 10.9 Å². The van der Waals surface area contributed by atoms with Gasteiger partial charge in [-0.25, -0.2) is 4.39 Å². The van der Waals surface area contributed by atoms with Crippen molar-refractivity contribution >= 4 is 11.8 Å². The fourth-order valence-electron chi connectivity index (χ4n) is 2.08. The zero-order chi connectivity index (χ0) is 18.9. The summed E-state index contributed by atoms with van der Waals surface area (Å²) < 4.78 is 28.2. The highest BCUT2D eigenvalue weighted by atomic mass is 19.1. The second kappa shape index (κ2) is 9.26. The molecule has 0 bridgehead atoms. The number of amides is 2. The molecule has 0 aromatic heterocycles. The smallest absolute Gasteiger partial charge is 0.276 e. The van der Waals surface area contributed by atoms with Crippen LogP contribution >= 0.6 is 0 Å². The number of hydrazine groups is 1. The van der Waals surface area contributed by atoms with Crippen molar-refractivity contribution in [2.45, 2.75) is 6.42 Å². The summed E-state index contributed by atoms with van der Waals surface area (Å²) >= 11 is 0.